The highest BCUT2D eigenvalue weighted by molar-refractivity contribution is 5.96. The van der Waals surface area contributed by atoms with Crippen molar-refractivity contribution in [1.82, 2.24) is 9.55 Å². The molecule has 4 rings (SSSR count). The van der Waals surface area contributed by atoms with Crippen LogP contribution in [-0.2, 0) is 11.3 Å². The second kappa shape index (κ2) is 6.41. The number of nitrogens with zero attached hydrogens (tertiary/aromatic N) is 3. The monoisotopic (exact) mass is 349 g/mol. The van der Waals surface area contributed by atoms with Crippen molar-refractivity contribution in [1.29, 1.82) is 0 Å². The number of para-hydroxylation sites is 3. The van der Waals surface area contributed by atoms with Crippen molar-refractivity contribution < 1.29 is 9.18 Å². The molecule has 1 aromatic heterocycles. The van der Waals surface area contributed by atoms with Gasteiger partial charge in [-0.1, -0.05) is 36.4 Å². The molecule has 2 heterocycles. The van der Waals surface area contributed by atoms with Crippen LogP contribution in [0.3, 0.4) is 0 Å². The van der Waals surface area contributed by atoms with Gasteiger partial charge < -0.3 is 9.47 Å². The van der Waals surface area contributed by atoms with E-state index >= 15 is 0 Å². The molecule has 0 radical (unpaired) electrons. The second-order valence-corrected chi connectivity index (χ2v) is 6.86. The van der Waals surface area contributed by atoms with Crippen LogP contribution in [-0.4, -0.2) is 22.0 Å². The maximum Gasteiger partial charge on any atom is 0.227 e. The fraction of sp³-hybridized carbons (Fsp3) is 0.238. The predicted molar refractivity (Wildman–Crippen MR) is 101 cm³/mol. The molecule has 1 fully saturated rings. The molecule has 132 valence electrons. The van der Waals surface area contributed by atoms with E-state index in [1.807, 2.05) is 31.2 Å². The quantitative estimate of drug-likeness (QED) is 0.660. The number of imidazole rings is 1. The number of benzene rings is 2. The maximum absolute atomic E-state index is 14.1. The summed E-state index contributed by atoms with van der Waals surface area (Å²) in [5.74, 6) is 0.334. The van der Waals surface area contributed by atoms with Crippen LogP contribution in [0, 0.1) is 5.82 Å². The zero-order valence-corrected chi connectivity index (χ0v) is 14.7. The van der Waals surface area contributed by atoms with E-state index in [0.29, 0.717) is 25.2 Å². The lowest BCUT2D eigenvalue weighted by Crippen LogP contribution is -2.25. The molecule has 0 unspecified atom stereocenters. The molecule has 1 aliphatic heterocycles. The van der Waals surface area contributed by atoms with Gasteiger partial charge in [-0.05, 0) is 31.2 Å². The lowest BCUT2D eigenvalue weighted by atomic mass is 10.1. The average Bonchev–Trinajstić information content (AvgIpc) is 3.16. The summed E-state index contributed by atoms with van der Waals surface area (Å²) in [5.41, 5.74) is 3.29. The highest BCUT2D eigenvalue weighted by Gasteiger charge is 2.35. The van der Waals surface area contributed by atoms with Crippen molar-refractivity contribution in [2.24, 2.45) is 0 Å². The van der Waals surface area contributed by atoms with Crippen molar-refractivity contribution in [3.8, 4) is 0 Å². The molecule has 0 N–H and O–H groups in total. The lowest BCUT2D eigenvalue weighted by molar-refractivity contribution is -0.117. The Hall–Kier alpha value is -2.95. The maximum atomic E-state index is 14.1. The van der Waals surface area contributed by atoms with Crippen molar-refractivity contribution in [2.75, 3.05) is 11.4 Å². The Bertz CT molecular complexity index is 1010. The molecule has 2 aromatic carbocycles. The highest BCUT2D eigenvalue weighted by Crippen LogP contribution is 2.34. The first-order chi connectivity index (χ1) is 12.5. The largest absolute Gasteiger partial charge is 0.324 e. The molecular formula is C21H20FN3O. The van der Waals surface area contributed by atoms with Gasteiger partial charge in [0.05, 0.1) is 16.7 Å². The number of fused-ring (bicyclic) bond motifs is 1. The molecule has 0 spiro atoms. The van der Waals surface area contributed by atoms with Gasteiger partial charge in [0, 0.05) is 25.4 Å². The standard InChI is InChI=1S/C21H20FN3O/c1-14(2)12-25-19-10-6-4-8-17(19)23-21(25)15-11-20(26)24(13-15)18-9-5-3-7-16(18)22/h3-10,15H,1,11-13H2,2H3/t15-/m1/s1. The summed E-state index contributed by atoms with van der Waals surface area (Å²) < 4.78 is 16.3. The number of allylic oxidation sites excluding steroid dienone is 1. The van der Waals surface area contributed by atoms with Crippen molar-refractivity contribution in [3.05, 3.63) is 72.3 Å². The van der Waals surface area contributed by atoms with E-state index in [1.54, 1.807) is 18.2 Å². The number of halogens is 1. The summed E-state index contributed by atoms with van der Waals surface area (Å²) in [6.45, 7) is 7.08. The normalized spacial score (nSPS) is 17.2. The summed E-state index contributed by atoms with van der Waals surface area (Å²) in [7, 11) is 0. The van der Waals surface area contributed by atoms with Crippen LogP contribution in [0.1, 0.15) is 25.1 Å². The lowest BCUT2D eigenvalue weighted by Gasteiger charge is -2.18. The number of carbonyl (C=O) groups is 1. The van der Waals surface area contributed by atoms with Crippen LogP contribution < -0.4 is 4.90 Å². The molecule has 1 aliphatic rings. The van der Waals surface area contributed by atoms with E-state index in [1.165, 1.54) is 11.0 Å². The Morgan fingerprint density at radius 2 is 1.96 bits per heavy atom. The minimum absolute atomic E-state index is 0.0750. The Balaban J connectivity index is 1.73. The van der Waals surface area contributed by atoms with Gasteiger partial charge in [-0.2, -0.15) is 0 Å². The summed E-state index contributed by atoms with van der Waals surface area (Å²) >= 11 is 0. The molecule has 5 heteroatoms. The minimum Gasteiger partial charge on any atom is -0.324 e. The highest BCUT2D eigenvalue weighted by atomic mass is 19.1. The first kappa shape index (κ1) is 16.5. The van der Waals surface area contributed by atoms with E-state index < -0.39 is 0 Å². The van der Waals surface area contributed by atoms with E-state index in [4.69, 9.17) is 4.98 Å². The van der Waals surface area contributed by atoms with E-state index in [9.17, 15) is 9.18 Å². The second-order valence-electron chi connectivity index (χ2n) is 6.86. The smallest absolute Gasteiger partial charge is 0.227 e. The van der Waals surface area contributed by atoms with Gasteiger partial charge in [0.1, 0.15) is 11.6 Å². The van der Waals surface area contributed by atoms with Crippen LogP contribution in [0.2, 0.25) is 0 Å². The molecular weight excluding hydrogens is 329 g/mol. The molecule has 4 nitrogen and oxygen atoms in total. The third kappa shape index (κ3) is 2.79. The summed E-state index contributed by atoms with van der Waals surface area (Å²) in [5, 5.41) is 0. The zero-order chi connectivity index (χ0) is 18.3. The van der Waals surface area contributed by atoms with Crippen LogP contribution in [0.5, 0.6) is 0 Å². The van der Waals surface area contributed by atoms with Crippen molar-refractivity contribution >= 4 is 22.6 Å². The Labute approximate surface area is 151 Å². The van der Waals surface area contributed by atoms with Gasteiger partial charge >= 0.3 is 0 Å². The minimum atomic E-state index is -0.378. The number of amides is 1. The Morgan fingerprint density at radius 3 is 2.73 bits per heavy atom. The Kier molecular flexibility index (Phi) is 4.07. The van der Waals surface area contributed by atoms with Crippen molar-refractivity contribution in [2.45, 2.75) is 25.8 Å². The number of aromatic nitrogens is 2. The van der Waals surface area contributed by atoms with Gasteiger partial charge in [0.15, 0.2) is 0 Å². The van der Waals surface area contributed by atoms with E-state index in [2.05, 4.69) is 11.1 Å². The third-order valence-corrected chi connectivity index (χ3v) is 4.75. The molecule has 0 bridgehead atoms. The number of rotatable bonds is 4. The Morgan fingerprint density at radius 1 is 1.23 bits per heavy atom. The molecule has 1 amide bonds. The topological polar surface area (TPSA) is 38.1 Å². The fourth-order valence-corrected chi connectivity index (χ4v) is 3.63. The summed E-state index contributed by atoms with van der Waals surface area (Å²) in [6, 6.07) is 14.3. The fourth-order valence-electron chi connectivity index (χ4n) is 3.63. The number of hydrogen-bond donors (Lipinski definition) is 0. The van der Waals surface area contributed by atoms with Gasteiger partial charge in [0.2, 0.25) is 5.91 Å². The molecule has 1 atom stereocenters. The van der Waals surface area contributed by atoms with Gasteiger partial charge in [-0.15, -0.1) is 0 Å². The predicted octanol–water partition coefficient (Wildman–Crippen LogP) is 4.27. The van der Waals surface area contributed by atoms with E-state index in [0.717, 1.165) is 22.4 Å². The number of anilines is 1. The van der Waals surface area contributed by atoms with Crippen molar-refractivity contribution in [3.63, 3.8) is 0 Å². The molecule has 3 aromatic rings. The van der Waals surface area contributed by atoms with Crippen LogP contribution >= 0.6 is 0 Å². The number of hydrogen-bond acceptors (Lipinski definition) is 2. The average molecular weight is 349 g/mol. The first-order valence-corrected chi connectivity index (χ1v) is 8.69. The van der Waals surface area contributed by atoms with Gasteiger partial charge in [0.25, 0.3) is 0 Å². The van der Waals surface area contributed by atoms with Gasteiger partial charge in [-0.25, -0.2) is 9.37 Å². The number of carbonyl (C=O) groups excluding carboxylic acids is 1. The van der Waals surface area contributed by atoms with Crippen LogP contribution in [0.4, 0.5) is 10.1 Å². The molecule has 26 heavy (non-hydrogen) atoms. The molecule has 0 saturated carbocycles. The van der Waals surface area contributed by atoms with Crippen LogP contribution in [0.15, 0.2) is 60.7 Å². The molecule has 1 saturated heterocycles. The van der Waals surface area contributed by atoms with Crippen LogP contribution in [0.25, 0.3) is 11.0 Å². The summed E-state index contributed by atoms with van der Waals surface area (Å²) in [6.07, 6.45) is 0.327. The van der Waals surface area contributed by atoms with E-state index in [-0.39, 0.29) is 17.6 Å². The third-order valence-electron chi connectivity index (χ3n) is 4.75. The SMILES string of the molecule is C=C(C)Cn1c([C@@H]2CC(=O)N(c3ccccc3F)C2)nc2ccccc21. The molecule has 0 aliphatic carbocycles. The zero-order valence-electron chi connectivity index (χ0n) is 14.7. The summed E-state index contributed by atoms with van der Waals surface area (Å²) in [4.78, 5) is 18.9. The first-order valence-electron chi connectivity index (χ1n) is 8.69. The van der Waals surface area contributed by atoms with Gasteiger partial charge in [-0.3, -0.25) is 4.79 Å².